The van der Waals surface area contributed by atoms with Gasteiger partial charge in [0.25, 0.3) is 10.0 Å². The minimum Gasteiger partial charge on any atom is -0.313 e. The molecule has 7 heteroatoms. The van der Waals surface area contributed by atoms with Crippen LogP contribution in [0, 0.1) is 0 Å². The number of hydrogen-bond acceptors (Lipinski definition) is 4. The van der Waals surface area contributed by atoms with E-state index >= 15 is 0 Å². The SMILES string of the molecule is CCCNCc1cccc(NS(=O)(=O)c2cnn(C)c2)c1. The van der Waals surface area contributed by atoms with Crippen LogP contribution in [-0.2, 0) is 23.6 Å². The Morgan fingerprint density at radius 1 is 1.33 bits per heavy atom. The molecule has 0 atom stereocenters. The summed E-state index contributed by atoms with van der Waals surface area (Å²) in [6.07, 6.45) is 3.86. The molecule has 2 rings (SSSR count). The van der Waals surface area contributed by atoms with Gasteiger partial charge in [-0.2, -0.15) is 5.10 Å². The summed E-state index contributed by atoms with van der Waals surface area (Å²) < 4.78 is 28.4. The number of nitrogens with zero attached hydrogens (tertiary/aromatic N) is 2. The lowest BCUT2D eigenvalue weighted by atomic mass is 10.2. The zero-order chi connectivity index (χ0) is 15.3. The molecule has 21 heavy (non-hydrogen) atoms. The summed E-state index contributed by atoms with van der Waals surface area (Å²) in [4.78, 5) is 0.152. The van der Waals surface area contributed by atoms with Crippen molar-refractivity contribution < 1.29 is 8.42 Å². The Morgan fingerprint density at radius 2 is 2.14 bits per heavy atom. The van der Waals surface area contributed by atoms with Gasteiger partial charge in [-0.3, -0.25) is 9.40 Å². The van der Waals surface area contributed by atoms with Gasteiger partial charge in [0.05, 0.1) is 6.20 Å². The van der Waals surface area contributed by atoms with Crippen molar-refractivity contribution >= 4 is 15.7 Å². The van der Waals surface area contributed by atoms with Crippen LogP contribution in [-0.4, -0.2) is 24.7 Å². The Kier molecular flexibility index (Phi) is 4.98. The summed E-state index contributed by atoms with van der Waals surface area (Å²) in [5.74, 6) is 0. The molecule has 0 spiro atoms. The summed E-state index contributed by atoms with van der Waals surface area (Å²) >= 11 is 0. The molecule has 0 saturated carbocycles. The maximum atomic E-state index is 12.2. The van der Waals surface area contributed by atoms with Crippen molar-refractivity contribution in [3.05, 3.63) is 42.2 Å². The van der Waals surface area contributed by atoms with Gasteiger partial charge in [0, 0.05) is 25.5 Å². The predicted molar refractivity (Wildman–Crippen MR) is 82.5 cm³/mol. The summed E-state index contributed by atoms with van der Waals surface area (Å²) in [6, 6.07) is 7.36. The van der Waals surface area contributed by atoms with Crippen molar-refractivity contribution in [3.8, 4) is 0 Å². The van der Waals surface area contributed by atoms with Crippen molar-refractivity contribution in [1.82, 2.24) is 15.1 Å². The molecular weight excluding hydrogens is 288 g/mol. The maximum absolute atomic E-state index is 12.2. The molecule has 2 N–H and O–H groups in total. The number of anilines is 1. The second kappa shape index (κ2) is 6.73. The van der Waals surface area contributed by atoms with E-state index in [4.69, 9.17) is 0 Å². The average molecular weight is 308 g/mol. The molecular formula is C14H20N4O2S. The normalized spacial score (nSPS) is 11.5. The van der Waals surface area contributed by atoms with E-state index in [1.54, 1.807) is 13.1 Å². The van der Waals surface area contributed by atoms with Crippen LogP contribution in [0.3, 0.4) is 0 Å². The minimum atomic E-state index is -3.59. The van der Waals surface area contributed by atoms with Crippen LogP contribution >= 0.6 is 0 Å². The fraction of sp³-hybridized carbons (Fsp3) is 0.357. The number of benzene rings is 1. The molecule has 2 aromatic rings. The van der Waals surface area contributed by atoms with Gasteiger partial charge in [0.1, 0.15) is 4.90 Å². The lowest BCUT2D eigenvalue weighted by Gasteiger charge is -2.09. The molecule has 0 unspecified atom stereocenters. The molecule has 1 aromatic carbocycles. The standard InChI is InChI=1S/C14H20N4O2S/c1-3-7-15-9-12-5-4-6-13(8-12)17-21(19,20)14-10-16-18(2)11-14/h4-6,8,10-11,15,17H,3,7,9H2,1-2H3. The van der Waals surface area contributed by atoms with E-state index < -0.39 is 10.0 Å². The molecule has 6 nitrogen and oxygen atoms in total. The zero-order valence-electron chi connectivity index (χ0n) is 12.2. The van der Waals surface area contributed by atoms with E-state index in [9.17, 15) is 8.42 Å². The summed E-state index contributed by atoms with van der Waals surface area (Å²) in [6.45, 7) is 3.76. The Labute approximate surface area is 125 Å². The fourth-order valence-electron chi connectivity index (χ4n) is 1.91. The van der Waals surface area contributed by atoms with Crippen LogP contribution in [0.1, 0.15) is 18.9 Å². The highest BCUT2D eigenvalue weighted by Crippen LogP contribution is 2.16. The van der Waals surface area contributed by atoms with Crippen molar-refractivity contribution in [2.45, 2.75) is 24.8 Å². The number of aryl methyl sites for hydroxylation is 1. The van der Waals surface area contributed by atoms with Gasteiger partial charge in [-0.25, -0.2) is 8.42 Å². The number of aromatic nitrogens is 2. The monoisotopic (exact) mass is 308 g/mol. The Hall–Kier alpha value is -1.86. The molecule has 1 heterocycles. The Balaban J connectivity index is 2.10. The van der Waals surface area contributed by atoms with Gasteiger partial charge in [-0.15, -0.1) is 0 Å². The van der Waals surface area contributed by atoms with E-state index in [0.29, 0.717) is 5.69 Å². The molecule has 0 bridgehead atoms. The van der Waals surface area contributed by atoms with E-state index in [2.05, 4.69) is 22.1 Å². The van der Waals surface area contributed by atoms with Gasteiger partial charge < -0.3 is 5.32 Å². The molecule has 0 aliphatic heterocycles. The quantitative estimate of drug-likeness (QED) is 0.764. The second-order valence-electron chi connectivity index (χ2n) is 4.83. The number of sulfonamides is 1. The minimum absolute atomic E-state index is 0.152. The summed E-state index contributed by atoms with van der Waals surface area (Å²) in [5, 5.41) is 7.17. The number of nitrogens with one attached hydrogen (secondary N) is 2. The topological polar surface area (TPSA) is 76.0 Å². The van der Waals surface area contributed by atoms with Gasteiger partial charge >= 0.3 is 0 Å². The smallest absolute Gasteiger partial charge is 0.265 e. The van der Waals surface area contributed by atoms with Crippen molar-refractivity contribution in [2.75, 3.05) is 11.3 Å². The Bertz CT molecular complexity index is 695. The van der Waals surface area contributed by atoms with Crippen molar-refractivity contribution in [1.29, 1.82) is 0 Å². The maximum Gasteiger partial charge on any atom is 0.265 e. The first-order valence-corrected chi connectivity index (χ1v) is 8.30. The summed E-state index contributed by atoms with van der Waals surface area (Å²) in [5.41, 5.74) is 1.59. The summed E-state index contributed by atoms with van der Waals surface area (Å²) in [7, 11) is -1.91. The molecule has 0 radical (unpaired) electrons. The Morgan fingerprint density at radius 3 is 2.81 bits per heavy atom. The van der Waals surface area contributed by atoms with Gasteiger partial charge in [0.15, 0.2) is 0 Å². The van der Waals surface area contributed by atoms with Crippen LogP contribution in [0.5, 0.6) is 0 Å². The van der Waals surface area contributed by atoms with Crippen LogP contribution in [0.2, 0.25) is 0 Å². The third-order valence-electron chi connectivity index (χ3n) is 2.93. The predicted octanol–water partition coefficient (Wildman–Crippen LogP) is 1.72. The van der Waals surface area contributed by atoms with Gasteiger partial charge in [-0.1, -0.05) is 19.1 Å². The van der Waals surface area contributed by atoms with Crippen LogP contribution in [0.4, 0.5) is 5.69 Å². The largest absolute Gasteiger partial charge is 0.313 e. The van der Waals surface area contributed by atoms with Crippen LogP contribution < -0.4 is 10.0 Å². The fourth-order valence-corrected chi connectivity index (χ4v) is 2.94. The third-order valence-corrected chi connectivity index (χ3v) is 4.26. The molecule has 0 fully saturated rings. The molecule has 1 aromatic heterocycles. The van der Waals surface area contributed by atoms with E-state index in [1.165, 1.54) is 17.1 Å². The highest BCUT2D eigenvalue weighted by Gasteiger charge is 2.16. The van der Waals surface area contributed by atoms with E-state index in [0.717, 1.165) is 25.1 Å². The molecule has 0 saturated heterocycles. The molecule has 0 aliphatic carbocycles. The third kappa shape index (κ3) is 4.30. The first-order chi connectivity index (χ1) is 10.0. The average Bonchev–Trinajstić information content (AvgIpc) is 2.87. The molecule has 114 valence electrons. The lowest BCUT2D eigenvalue weighted by molar-refractivity contribution is 0.601. The lowest BCUT2D eigenvalue weighted by Crippen LogP contribution is -2.15. The van der Waals surface area contributed by atoms with E-state index in [1.807, 2.05) is 18.2 Å². The van der Waals surface area contributed by atoms with Crippen LogP contribution in [0.15, 0.2) is 41.6 Å². The molecule has 0 aliphatic rings. The highest BCUT2D eigenvalue weighted by atomic mass is 32.2. The van der Waals surface area contributed by atoms with E-state index in [-0.39, 0.29) is 4.90 Å². The highest BCUT2D eigenvalue weighted by molar-refractivity contribution is 7.92. The number of rotatable bonds is 7. The van der Waals surface area contributed by atoms with Crippen LogP contribution in [0.25, 0.3) is 0 Å². The van der Waals surface area contributed by atoms with Crippen molar-refractivity contribution in [2.24, 2.45) is 7.05 Å². The number of hydrogen-bond donors (Lipinski definition) is 2. The first-order valence-electron chi connectivity index (χ1n) is 6.82. The van der Waals surface area contributed by atoms with Crippen molar-refractivity contribution in [3.63, 3.8) is 0 Å². The van der Waals surface area contributed by atoms with Gasteiger partial charge in [-0.05, 0) is 30.7 Å². The first kappa shape index (κ1) is 15.5. The zero-order valence-corrected chi connectivity index (χ0v) is 13.0. The molecule has 0 amide bonds. The van der Waals surface area contributed by atoms with Gasteiger partial charge in [0.2, 0.25) is 0 Å². The second-order valence-corrected chi connectivity index (χ2v) is 6.51.